The highest BCUT2D eigenvalue weighted by molar-refractivity contribution is 5.76. The van der Waals surface area contributed by atoms with Crippen molar-refractivity contribution in [3.63, 3.8) is 0 Å². The van der Waals surface area contributed by atoms with E-state index in [1.165, 1.54) is 44.9 Å². The molecule has 0 radical (unpaired) electrons. The molecular weight excluding hydrogens is 1000 g/mol. The van der Waals surface area contributed by atoms with Gasteiger partial charge in [-0.05, 0) is 83.5 Å². The molecule has 9 N–H and O–H groups in total. The van der Waals surface area contributed by atoms with E-state index in [1.54, 1.807) is 0 Å². The predicted molar refractivity (Wildman–Crippen MR) is 318 cm³/mol. The van der Waals surface area contributed by atoms with Crippen molar-refractivity contribution >= 4 is 5.91 Å². The van der Waals surface area contributed by atoms with Crippen LogP contribution in [0.15, 0.2) is 109 Å². The van der Waals surface area contributed by atoms with Gasteiger partial charge in [-0.3, -0.25) is 4.79 Å². The van der Waals surface area contributed by atoms with Crippen molar-refractivity contribution in [1.29, 1.82) is 0 Å². The smallest absolute Gasteiger partial charge is 0.220 e. The molecule has 452 valence electrons. The minimum absolute atomic E-state index is 0.221. The predicted octanol–water partition coefficient (Wildman–Crippen LogP) is 10.8. The van der Waals surface area contributed by atoms with Gasteiger partial charge in [0.2, 0.25) is 5.91 Å². The molecule has 0 saturated carbocycles. The number of rotatable bonds is 47. The highest BCUT2D eigenvalue weighted by atomic mass is 16.7. The van der Waals surface area contributed by atoms with Gasteiger partial charge in [-0.1, -0.05) is 220 Å². The fourth-order valence-electron chi connectivity index (χ4n) is 9.35. The van der Waals surface area contributed by atoms with Crippen LogP contribution in [0.3, 0.4) is 0 Å². The number of aliphatic hydroxyl groups excluding tert-OH is 8. The number of aliphatic hydroxyl groups is 8. The average Bonchev–Trinajstić information content (AvgIpc) is 3.47. The number of ether oxygens (including phenoxy) is 4. The summed E-state index contributed by atoms with van der Waals surface area (Å²) < 4.78 is 22.7. The third-order valence-corrected chi connectivity index (χ3v) is 14.3. The number of hydrogen-bond donors (Lipinski definition) is 9. The normalized spacial score (nSPS) is 25.2. The third-order valence-electron chi connectivity index (χ3n) is 14.3. The summed E-state index contributed by atoms with van der Waals surface area (Å²) in [6.07, 6.45) is 53.0. The minimum atomic E-state index is -1.78. The third kappa shape index (κ3) is 34.6. The Morgan fingerprint density at radius 3 is 1.34 bits per heavy atom. The van der Waals surface area contributed by atoms with Gasteiger partial charge < -0.3 is 65.1 Å². The zero-order valence-electron chi connectivity index (χ0n) is 48.6. The molecule has 0 aromatic heterocycles. The molecule has 12 unspecified atom stereocenters. The Morgan fingerprint density at radius 2 is 0.873 bits per heavy atom. The largest absolute Gasteiger partial charge is 0.394 e. The molecule has 2 saturated heterocycles. The summed E-state index contributed by atoms with van der Waals surface area (Å²) in [5.41, 5.74) is 0. The fourth-order valence-corrected chi connectivity index (χ4v) is 9.35. The molecule has 0 bridgehead atoms. The molecule has 14 heteroatoms. The number of unbranched alkanes of at least 4 members (excludes halogenated alkanes) is 16. The van der Waals surface area contributed by atoms with E-state index in [4.69, 9.17) is 18.9 Å². The van der Waals surface area contributed by atoms with E-state index >= 15 is 0 Å². The molecule has 1 amide bonds. The second-order valence-corrected chi connectivity index (χ2v) is 21.1. The highest BCUT2D eigenvalue weighted by Gasteiger charge is 2.51. The average molecular weight is 1110 g/mol. The summed E-state index contributed by atoms with van der Waals surface area (Å²) in [5, 5.41) is 86.7. The van der Waals surface area contributed by atoms with E-state index in [2.05, 4.69) is 129 Å². The summed E-state index contributed by atoms with van der Waals surface area (Å²) in [5.74, 6) is -0.221. The molecule has 0 aliphatic carbocycles. The van der Waals surface area contributed by atoms with Crippen molar-refractivity contribution in [3.05, 3.63) is 109 Å². The zero-order chi connectivity index (χ0) is 57.4. The maximum atomic E-state index is 13.2. The van der Waals surface area contributed by atoms with Crippen LogP contribution in [-0.2, 0) is 23.7 Å². The standard InChI is InChI=1S/C65H109NO13/c1-3-5-7-9-11-12-13-14-15-16-17-18-19-20-21-22-23-24-25-26-27-28-29-30-31-32-33-34-35-36-37-38-39-40-41-42-43-45-47-49-57(70)66-53(54(69)48-46-44-10-8-6-4-2)52-76-64-62(75)60(73)63(56(51-68)78-64)79-65-61(74)59(72)58(71)55(50-67)77-65/h5,7,11-12,14-15,17-18,20-21,23-24,26-27,29-30,32-33,53-56,58-65,67-69,71-75H,3-4,6,8-10,13,16,19,22,25,28,31,34-52H2,1-2H3,(H,66,70)/b7-5-,12-11-,15-14-,18-17-,21-20-,24-23-,27-26-,30-29-,33-32-. The number of amides is 1. The number of carbonyl (C=O) groups excluding carboxylic acids is 1. The van der Waals surface area contributed by atoms with Gasteiger partial charge in [0.05, 0.1) is 32.0 Å². The van der Waals surface area contributed by atoms with Crippen molar-refractivity contribution in [3.8, 4) is 0 Å². The number of hydrogen-bond acceptors (Lipinski definition) is 13. The summed E-state index contributed by atoms with van der Waals surface area (Å²) in [6, 6.07) is -0.833. The monoisotopic (exact) mass is 1110 g/mol. The molecule has 0 aromatic rings. The molecule has 0 spiro atoms. The molecular formula is C65H109NO13. The Bertz CT molecular complexity index is 1740. The van der Waals surface area contributed by atoms with Gasteiger partial charge in [-0.25, -0.2) is 0 Å². The van der Waals surface area contributed by atoms with E-state index in [9.17, 15) is 45.6 Å². The number of nitrogens with one attached hydrogen (secondary N) is 1. The minimum Gasteiger partial charge on any atom is -0.394 e. The molecule has 12 atom stereocenters. The first kappa shape index (κ1) is 71.8. The SMILES string of the molecule is CC/C=C\C/C=C\C/C=C\C/C=C\C/C=C\C/C=C\C/C=C\C/C=C\C/C=C\CCCCCCCCCCCCCC(=O)NC(COC1OC(CO)C(OC2OC(CO)C(O)C(O)C2O)C(O)C1O)C(O)CCCCCCCC. The van der Waals surface area contributed by atoms with Crippen LogP contribution in [0, 0.1) is 0 Å². The van der Waals surface area contributed by atoms with Crippen LogP contribution < -0.4 is 5.32 Å². The number of carbonyl (C=O) groups is 1. The molecule has 2 rings (SSSR count). The zero-order valence-corrected chi connectivity index (χ0v) is 48.6. The highest BCUT2D eigenvalue weighted by Crippen LogP contribution is 2.30. The molecule has 2 aliphatic heterocycles. The van der Waals surface area contributed by atoms with Gasteiger partial charge in [0.15, 0.2) is 12.6 Å². The van der Waals surface area contributed by atoms with E-state index < -0.39 is 86.8 Å². The Balaban J connectivity index is 1.54. The van der Waals surface area contributed by atoms with Gasteiger partial charge in [-0.15, -0.1) is 0 Å². The molecule has 2 aliphatic rings. The van der Waals surface area contributed by atoms with E-state index in [0.717, 1.165) is 122 Å². The maximum absolute atomic E-state index is 13.2. The van der Waals surface area contributed by atoms with E-state index in [1.807, 2.05) is 0 Å². The summed E-state index contributed by atoms with van der Waals surface area (Å²) in [7, 11) is 0. The van der Waals surface area contributed by atoms with Gasteiger partial charge in [0, 0.05) is 6.42 Å². The molecule has 0 aromatic carbocycles. The van der Waals surface area contributed by atoms with E-state index in [0.29, 0.717) is 19.3 Å². The lowest BCUT2D eigenvalue weighted by Crippen LogP contribution is -2.65. The lowest BCUT2D eigenvalue weighted by atomic mass is 9.97. The molecule has 2 heterocycles. The Labute approximate surface area is 476 Å². The maximum Gasteiger partial charge on any atom is 0.220 e. The first-order chi connectivity index (χ1) is 38.6. The first-order valence-corrected chi connectivity index (χ1v) is 30.6. The summed E-state index contributed by atoms with van der Waals surface area (Å²) in [4.78, 5) is 13.2. The number of allylic oxidation sites excluding steroid dienone is 18. The van der Waals surface area contributed by atoms with Crippen molar-refractivity contribution in [2.75, 3.05) is 19.8 Å². The van der Waals surface area contributed by atoms with Crippen LogP contribution in [0.1, 0.15) is 200 Å². The summed E-state index contributed by atoms with van der Waals surface area (Å²) >= 11 is 0. The molecule has 14 nitrogen and oxygen atoms in total. The Morgan fingerprint density at radius 1 is 0.468 bits per heavy atom. The quantitative estimate of drug-likeness (QED) is 0.0204. The fraction of sp³-hybridized carbons (Fsp3) is 0.708. The first-order valence-electron chi connectivity index (χ1n) is 30.6. The van der Waals surface area contributed by atoms with Crippen molar-refractivity contribution in [1.82, 2.24) is 5.32 Å². The summed E-state index contributed by atoms with van der Waals surface area (Å²) in [6.45, 7) is 2.64. The van der Waals surface area contributed by atoms with Crippen LogP contribution in [0.25, 0.3) is 0 Å². The second kappa shape index (κ2) is 49.3. The Kier molecular flexibility index (Phi) is 44.8. The second-order valence-electron chi connectivity index (χ2n) is 21.1. The van der Waals surface area contributed by atoms with Gasteiger partial charge in [0.1, 0.15) is 48.8 Å². The molecule has 2 fully saturated rings. The van der Waals surface area contributed by atoms with Crippen molar-refractivity contribution in [2.24, 2.45) is 0 Å². The van der Waals surface area contributed by atoms with Crippen molar-refractivity contribution in [2.45, 2.75) is 274 Å². The topological polar surface area (TPSA) is 228 Å². The van der Waals surface area contributed by atoms with Gasteiger partial charge >= 0.3 is 0 Å². The lowest BCUT2D eigenvalue weighted by molar-refractivity contribution is -0.359. The molecule has 79 heavy (non-hydrogen) atoms. The Hall–Kier alpha value is -3.35. The van der Waals surface area contributed by atoms with Crippen LogP contribution in [0.4, 0.5) is 0 Å². The van der Waals surface area contributed by atoms with E-state index in [-0.39, 0.29) is 12.5 Å². The van der Waals surface area contributed by atoms with Gasteiger partial charge in [0.25, 0.3) is 0 Å². The lowest BCUT2D eigenvalue weighted by Gasteiger charge is -2.46. The van der Waals surface area contributed by atoms with Crippen molar-refractivity contribution < 1.29 is 64.6 Å². The van der Waals surface area contributed by atoms with Crippen LogP contribution in [0.5, 0.6) is 0 Å². The van der Waals surface area contributed by atoms with Crippen LogP contribution >= 0.6 is 0 Å². The van der Waals surface area contributed by atoms with Gasteiger partial charge in [-0.2, -0.15) is 0 Å². The van der Waals surface area contributed by atoms with Crippen LogP contribution in [0.2, 0.25) is 0 Å². The van der Waals surface area contributed by atoms with Crippen LogP contribution in [-0.4, -0.2) is 140 Å².